The maximum Gasteiger partial charge on any atom is 0.312 e. The zero-order chi connectivity index (χ0) is 13.2. The van der Waals surface area contributed by atoms with Crippen LogP contribution in [0.5, 0.6) is 5.75 Å². The number of aliphatic carboxylic acids is 1. The number of phenolic OH excluding ortho intramolecular Hbond substituents is 1. The predicted molar refractivity (Wildman–Crippen MR) is 61.9 cm³/mol. The Balaban J connectivity index is 3.36. The van der Waals surface area contributed by atoms with Crippen molar-refractivity contribution < 1.29 is 19.9 Å². The molecule has 8 heteroatoms. The number of nitrogens with zero attached hydrogens (tertiary/aromatic N) is 1. The van der Waals surface area contributed by atoms with Crippen LogP contribution >= 0.6 is 15.9 Å². The van der Waals surface area contributed by atoms with E-state index >= 15 is 0 Å². The number of nitro groups is 1. The molecule has 4 N–H and O–H groups in total. The minimum absolute atomic E-state index is 0.0569. The minimum Gasteiger partial charge on any atom is -0.501 e. The topological polar surface area (TPSA) is 127 Å². The summed E-state index contributed by atoms with van der Waals surface area (Å²) in [5.74, 6) is -2.77. The molecule has 0 radical (unpaired) electrons. The summed E-state index contributed by atoms with van der Waals surface area (Å²) in [4.78, 5) is 20.7. The molecule has 0 aliphatic heterocycles. The summed E-state index contributed by atoms with van der Waals surface area (Å²) in [7, 11) is 0. The van der Waals surface area contributed by atoms with Crippen LogP contribution in [0.3, 0.4) is 0 Å². The molecule has 1 aromatic carbocycles. The number of carbonyl (C=O) groups is 1. The van der Waals surface area contributed by atoms with Crippen molar-refractivity contribution in [3.8, 4) is 5.75 Å². The van der Waals surface area contributed by atoms with Gasteiger partial charge in [-0.3, -0.25) is 14.9 Å². The molecule has 0 bridgehead atoms. The number of rotatable bonds is 4. The number of halogens is 1. The number of carboxylic acid groups (broad SMARTS) is 1. The first-order chi connectivity index (χ1) is 7.88. The molecule has 92 valence electrons. The van der Waals surface area contributed by atoms with E-state index in [1.165, 1.54) is 6.07 Å². The molecule has 0 aliphatic carbocycles. The molecule has 0 saturated heterocycles. The van der Waals surface area contributed by atoms with E-state index in [0.29, 0.717) is 0 Å². The fourth-order valence-electron chi connectivity index (χ4n) is 1.32. The molecule has 0 aliphatic rings. The van der Waals surface area contributed by atoms with Crippen LogP contribution in [-0.4, -0.2) is 27.7 Å². The van der Waals surface area contributed by atoms with Crippen LogP contribution in [0.15, 0.2) is 16.6 Å². The molecule has 0 heterocycles. The number of aromatic hydroxyl groups is 1. The summed E-state index contributed by atoms with van der Waals surface area (Å²) in [6, 6.07) is 2.31. The van der Waals surface area contributed by atoms with Crippen LogP contribution < -0.4 is 5.73 Å². The predicted octanol–water partition coefficient (Wildman–Crippen LogP) is 1.19. The number of hydrogen-bond acceptors (Lipinski definition) is 5. The summed E-state index contributed by atoms with van der Waals surface area (Å²) in [5, 5.41) is 29.0. The molecule has 17 heavy (non-hydrogen) atoms. The molecule has 1 unspecified atom stereocenters. The van der Waals surface area contributed by atoms with Crippen LogP contribution in [0.25, 0.3) is 0 Å². The Bertz CT molecular complexity index is 477. The number of nitrogens with two attached hydrogens (primary N) is 1. The second kappa shape index (κ2) is 5.11. The number of nitro benzene ring substituents is 1. The van der Waals surface area contributed by atoms with Crippen molar-refractivity contribution in [1.82, 2.24) is 0 Å². The van der Waals surface area contributed by atoms with Gasteiger partial charge in [0.05, 0.1) is 15.3 Å². The average Bonchev–Trinajstić information content (AvgIpc) is 2.22. The van der Waals surface area contributed by atoms with E-state index in [1.807, 2.05) is 0 Å². The third-order valence-corrected chi connectivity index (χ3v) is 2.80. The molecular formula is C9H9BrN2O5. The molecule has 1 rings (SSSR count). The quantitative estimate of drug-likeness (QED) is 0.566. The summed E-state index contributed by atoms with van der Waals surface area (Å²) in [5.41, 5.74) is 4.89. The number of phenols is 1. The molecule has 0 amide bonds. The van der Waals surface area contributed by atoms with E-state index in [2.05, 4.69) is 15.9 Å². The largest absolute Gasteiger partial charge is 0.501 e. The average molecular weight is 305 g/mol. The maximum absolute atomic E-state index is 10.9. The zero-order valence-electron chi connectivity index (χ0n) is 8.46. The van der Waals surface area contributed by atoms with E-state index in [9.17, 15) is 20.0 Å². The number of carboxylic acids is 1. The van der Waals surface area contributed by atoms with Crippen molar-refractivity contribution in [3.63, 3.8) is 0 Å². The smallest absolute Gasteiger partial charge is 0.312 e. The lowest BCUT2D eigenvalue weighted by atomic mass is 9.99. The highest BCUT2D eigenvalue weighted by Gasteiger charge is 2.24. The minimum atomic E-state index is -1.18. The molecule has 0 fully saturated rings. The third-order valence-electron chi connectivity index (χ3n) is 2.20. The van der Waals surface area contributed by atoms with Gasteiger partial charge in [0.1, 0.15) is 0 Å². The Kier molecular flexibility index (Phi) is 4.02. The number of benzene rings is 1. The zero-order valence-corrected chi connectivity index (χ0v) is 10.0. The van der Waals surface area contributed by atoms with Gasteiger partial charge in [0.25, 0.3) is 0 Å². The molecular weight excluding hydrogens is 296 g/mol. The van der Waals surface area contributed by atoms with Crippen LogP contribution in [0.4, 0.5) is 5.69 Å². The Morgan fingerprint density at radius 2 is 2.18 bits per heavy atom. The van der Waals surface area contributed by atoms with Gasteiger partial charge in [0, 0.05) is 12.6 Å². The van der Waals surface area contributed by atoms with Crippen molar-refractivity contribution >= 4 is 27.6 Å². The van der Waals surface area contributed by atoms with Crippen molar-refractivity contribution in [2.45, 2.75) is 5.92 Å². The van der Waals surface area contributed by atoms with Crippen molar-refractivity contribution in [1.29, 1.82) is 0 Å². The SMILES string of the molecule is NCC(C(=O)O)c1cc(Br)c(O)c([N+](=O)[O-])c1. The van der Waals surface area contributed by atoms with Gasteiger partial charge in [-0.1, -0.05) is 0 Å². The maximum atomic E-state index is 10.9. The Morgan fingerprint density at radius 3 is 2.59 bits per heavy atom. The normalized spacial score (nSPS) is 12.1. The first kappa shape index (κ1) is 13.4. The van der Waals surface area contributed by atoms with Gasteiger partial charge in [0.15, 0.2) is 0 Å². The Labute approximate surface area is 104 Å². The lowest BCUT2D eigenvalue weighted by Gasteiger charge is -2.11. The van der Waals surface area contributed by atoms with Crippen LogP contribution in [0, 0.1) is 10.1 Å². The third kappa shape index (κ3) is 2.71. The van der Waals surface area contributed by atoms with Crippen molar-refractivity contribution in [2.75, 3.05) is 6.54 Å². The van der Waals surface area contributed by atoms with Gasteiger partial charge in [-0.2, -0.15) is 0 Å². The van der Waals surface area contributed by atoms with Gasteiger partial charge in [-0.25, -0.2) is 0 Å². The first-order valence-electron chi connectivity index (χ1n) is 4.48. The molecule has 0 saturated carbocycles. The summed E-state index contributed by atoms with van der Waals surface area (Å²) in [6.07, 6.45) is 0. The summed E-state index contributed by atoms with van der Waals surface area (Å²) < 4.78 is 0.0569. The van der Waals surface area contributed by atoms with Gasteiger partial charge < -0.3 is 15.9 Å². The van der Waals surface area contributed by atoms with E-state index in [-0.39, 0.29) is 16.6 Å². The molecule has 1 aromatic rings. The van der Waals surface area contributed by atoms with E-state index in [0.717, 1.165) is 6.07 Å². The molecule has 0 aromatic heterocycles. The lowest BCUT2D eigenvalue weighted by Crippen LogP contribution is -2.21. The highest BCUT2D eigenvalue weighted by atomic mass is 79.9. The second-order valence-electron chi connectivity index (χ2n) is 3.25. The molecule has 1 atom stereocenters. The van der Waals surface area contributed by atoms with Crippen LogP contribution in [0.2, 0.25) is 0 Å². The molecule has 7 nitrogen and oxygen atoms in total. The lowest BCUT2D eigenvalue weighted by molar-refractivity contribution is -0.386. The van der Waals surface area contributed by atoms with Crippen LogP contribution in [-0.2, 0) is 4.79 Å². The van der Waals surface area contributed by atoms with E-state index in [4.69, 9.17) is 10.8 Å². The fourth-order valence-corrected chi connectivity index (χ4v) is 1.79. The first-order valence-corrected chi connectivity index (χ1v) is 5.27. The number of hydrogen-bond donors (Lipinski definition) is 3. The van der Waals surface area contributed by atoms with Gasteiger partial charge >= 0.3 is 11.7 Å². The second-order valence-corrected chi connectivity index (χ2v) is 4.11. The van der Waals surface area contributed by atoms with E-state index in [1.54, 1.807) is 0 Å². The van der Waals surface area contributed by atoms with Gasteiger partial charge in [-0.15, -0.1) is 0 Å². The van der Waals surface area contributed by atoms with Crippen molar-refractivity contribution in [3.05, 3.63) is 32.3 Å². The van der Waals surface area contributed by atoms with Gasteiger partial charge in [0.2, 0.25) is 5.75 Å². The van der Waals surface area contributed by atoms with E-state index < -0.39 is 28.2 Å². The monoisotopic (exact) mass is 304 g/mol. The summed E-state index contributed by atoms with van der Waals surface area (Å²) >= 11 is 2.92. The highest BCUT2D eigenvalue weighted by molar-refractivity contribution is 9.10. The van der Waals surface area contributed by atoms with Gasteiger partial charge in [-0.05, 0) is 27.6 Å². The van der Waals surface area contributed by atoms with Crippen molar-refractivity contribution in [2.24, 2.45) is 5.73 Å². The Hall–Kier alpha value is -1.67. The summed E-state index contributed by atoms with van der Waals surface area (Å²) in [6.45, 7) is -0.191. The highest BCUT2D eigenvalue weighted by Crippen LogP contribution is 2.36. The van der Waals surface area contributed by atoms with Crippen LogP contribution in [0.1, 0.15) is 11.5 Å². The molecule has 0 spiro atoms. The fraction of sp³-hybridized carbons (Fsp3) is 0.222. The Morgan fingerprint density at radius 1 is 1.59 bits per heavy atom. The standard InChI is InChI=1S/C9H9BrN2O5/c10-6-1-4(5(3-11)9(14)15)2-7(8(6)13)12(16)17/h1-2,5,13H,3,11H2,(H,14,15).